The van der Waals surface area contributed by atoms with Crippen molar-refractivity contribution in [2.45, 2.75) is 6.54 Å². The molecule has 9 nitrogen and oxygen atoms in total. The highest BCUT2D eigenvalue weighted by Gasteiger charge is 2.15. The highest BCUT2D eigenvalue weighted by molar-refractivity contribution is 5.80. The van der Waals surface area contributed by atoms with Gasteiger partial charge in [-0.05, 0) is 23.3 Å². The molecule has 0 amide bonds. The molecule has 0 atom stereocenters. The smallest absolute Gasteiger partial charge is 0.283 e. The Balaban J connectivity index is 1.58. The minimum atomic E-state index is -0.300. The molecule has 5 rings (SSSR count). The number of fused-ring (bicyclic) bond motifs is 3. The van der Waals surface area contributed by atoms with E-state index >= 15 is 0 Å². The third kappa shape index (κ3) is 3.16. The molecule has 5 aromatic rings. The van der Waals surface area contributed by atoms with E-state index in [9.17, 15) is 4.79 Å². The summed E-state index contributed by atoms with van der Waals surface area (Å²) in [6.45, 7) is 0.302. The minimum absolute atomic E-state index is 0.151. The van der Waals surface area contributed by atoms with Crippen LogP contribution in [0, 0.1) is 0 Å². The number of methoxy groups -OCH3 is 2. The van der Waals surface area contributed by atoms with Gasteiger partial charge < -0.3 is 9.47 Å². The molecule has 154 valence electrons. The van der Waals surface area contributed by atoms with Crippen molar-refractivity contribution in [2.75, 3.05) is 14.2 Å². The Morgan fingerprint density at radius 1 is 0.935 bits per heavy atom. The van der Waals surface area contributed by atoms with Crippen molar-refractivity contribution in [3.8, 4) is 22.6 Å². The lowest BCUT2D eigenvalue weighted by atomic mass is 10.1. The maximum Gasteiger partial charge on any atom is 0.283 e. The second-order valence-electron chi connectivity index (χ2n) is 6.90. The van der Waals surface area contributed by atoms with Crippen LogP contribution < -0.4 is 15.0 Å². The molecule has 0 unspecified atom stereocenters. The van der Waals surface area contributed by atoms with E-state index in [2.05, 4.69) is 20.3 Å². The molecule has 0 radical (unpaired) electrons. The Bertz CT molecular complexity index is 1460. The van der Waals surface area contributed by atoms with Gasteiger partial charge in [0.1, 0.15) is 6.33 Å². The summed E-state index contributed by atoms with van der Waals surface area (Å²) < 4.78 is 13.6. The van der Waals surface area contributed by atoms with E-state index in [1.54, 1.807) is 31.0 Å². The van der Waals surface area contributed by atoms with E-state index < -0.39 is 0 Å². The lowest BCUT2D eigenvalue weighted by Gasteiger charge is -2.11. The predicted octanol–water partition coefficient (Wildman–Crippen LogP) is 2.57. The molecule has 0 spiro atoms. The monoisotopic (exact) mass is 414 g/mol. The SMILES string of the molecule is COc1ccc(Cn2cnc3c(nnc4c(-c5ccccc5)cnn43)c2=O)cc1OC. The van der Waals surface area contributed by atoms with Gasteiger partial charge in [0.2, 0.25) is 0 Å². The summed E-state index contributed by atoms with van der Waals surface area (Å²) in [5.74, 6) is 1.21. The molecule has 31 heavy (non-hydrogen) atoms. The zero-order chi connectivity index (χ0) is 21.4. The lowest BCUT2D eigenvalue weighted by molar-refractivity contribution is 0.354. The summed E-state index contributed by atoms with van der Waals surface area (Å²) in [5.41, 5.74) is 3.41. The van der Waals surface area contributed by atoms with E-state index in [-0.39, 0.29) is 11.1 Å². The number of nitrogens with zero attached hydrogens (tertiary/aromatic N) is 6. The van der Waals surface area contributed by atoms with Gasteiger partial charge in [-0.1, -0.05) is 36.4 Å². The van der Waals surface area contributed by atoms with E-state index in [4.69, 9.17) is 9.47 Å². The van der Waals surface area contributed by atoms with E-state index in [1.807, 2.05) is 42.5 Å². The van der Waals surface area contributed by atoms with Crippen molar-refractivity contribution >= 4 is 16.8 Å². The number of ether oxygens (including phenoxy) is 2. The van der Waals surface area contributed by atoms with Crippen molar-refractivity contribution in [3.63, 3.8) is 0 Å². The number of aromatic nitrogens is 6. The lowest BCUT2D eigenvalue weighted by Crippen LogP contribution is -2.23. The maximum atomic E-state index is 13.1. The van der Waals surface area contributed by atoms with Crippen LogP contribution in [0.2, 0.25) is 0 Å². The fraction of sp³-hybridized carbons (Fsp3) is 0.136. The minimum Gasteiger partial charge on any atom is -0.493 e. The van der Waals surface area contributed by atoms with Gasteiger partial charge >= 0.3 is 0 Å². The zero-order valence-electron chi connectivity index (χ0n) is 16.9. The molecule has 0 N–H and O–H groups in total. The van der Waals surface area contributed by atoms with Crippen LogP contribution in [0.3, 0.4) is 0 Å². The summed E-state index contributed by atoms with van der Waals surface area (Å²) in [6, 6.07) is 15.3. The Morgan fingerprint density at radius 3 is 2.52 bits per heavy atom. The standard InChI is InChI=1S/C22H18N6O3/c1-30-17-9-8-14(10-18(17)31-2)12-27-13-23-21-19(22(27)29)25-26-20-16(11-24-28(20)21)15-6-4-3-5-7-15/h3-11,13H,12H2,1-2H3. The van der Waals surface area contributed by atoms with E-state index in [1.165, 1.54) is 10.9 Å². The average molecular weight is 414 g/mol. The highest BCUT2D eigenvalue weighted by atomic mass is 16.5. The van der Waals surface area contributed by atoms with Crippen LogP contribution in [-0.4, -0.2) is 43.6 Å². The first-order valence-corrected chi connectivity index (χ1v) is 9.55. The van der Waals surface area contributed by atoms with Gasteiger partial charge in [0.15, 0.2) is 28.3 Å². The predicted molar refractivity (Wildman–Crippen MR) is 114 cm³/mol. The third-order valence-electron chi connectivity index (χ3n) is 5.07. The van der Waals surface area contributed by atoms with Gasteiger partial charge in [-0.15, -0.1) is 10.2 Å². The van der Waals surface area contributed by atoms with Crippen molar-refractivity contribution in [1.29, 1.82) is 0 Å². The summed E-state index contributed by atoms with van der Waals surface area (Å²) >= 11 is 0. The highest BCUT2D eigenvalue weighted by Crippen LogP contribution is 2.28. The molecule has 0 aliphatic carbocycles. The first-order valence-electron chi connectivity index (χ1n) is 9.55. The molecule has 2 aromatic carbocycles. The van der Waals surface area contributed by atoms with Crippen LogP contribution in [0.5, 0.6) is 11.5 Å². The Labute approximate surface area is 176 Å². The summed E-state index contributed by atoms with van der Waals surface area (Å²) in [7, 11) is 3.15. The second-order valence-corrected chi connectivity index (χ2v) is 6.90. The normalized spacial score (nSPS) is 11.2. The Hall–Kier alpha value is -4.27. The first-order chi connectivity index (χ1) is 15.2. The van der Waals surface area contributed by atoms with E-state index in [0.29, 0.717) is 29.3 Å². The van der Waals surface area contributed by atoms with Crippen LogP contribution in [0.25, 0.3) is 27.9 Å². The second kappa shape index (κ2) is 7.52. The first kappa shape index (κ1) is 18.7. The molecule has 0 saturated heterocycles. The molecule has 0 fully saturated rings. The Morgan fingerprint density at radius 2 is 1.74 bits per heavy atom. The van der Waals surface area contributed by atoms with Crippen LogP contribution in [-0.2, 0) is 6.54 Å². The molecule has 3 aromatic heterocycles. The van der Waals surface area contributed by atoms with Crippen LogP contribution in [0.1, 0.15) is 5.56 Å². The fourth-order valence-corrected chi connectivity index (χ4v) is 3.51. The molecular weight excluding hydrogens is 396 g/mol. The number of benzene rings is 2. The number of hydrogen-bond acceptors (Lipinski definition) is 7. The van der Waals surface area contributed by atoms with E-state index in [0.717, 1.165) is 16.7 Å². The van der Waals surface area contributed by atoms with Gasteiger partial charge in [-0.3, -0.25) is 9.36 Å². The fourth-order valence-electron chi connectivity index (χ4n) is 3.51. The molecule has 0 bridgehead atoms. The third-order valence-corrected chi connectivity index (χ3v) is 5.07. The maximum absolute atomic E-state index is 13.1. The van der Waals surface area contributed by atoms with Gasteiger partial charge in [0, 0.05) is 5.56 Å². The molecule has 0 aliphatic rings. The average Bonchev–Trinajstić information content (AvgIpc) is 3.26. The zero-order valence-corrected chi connectivity index (χ0v) is 16.9. The van der Waals surface area contributed by atoms with Crippen LogP contribution in [0.15, 0.2) is 65.8 Å². The van der Waals surface area contributed by atoms with Gasteiger partial charge in [-0.2, -0.15) is 9.61 Å². The Kier molecular flexibility index (Phi) is 4.55. The molecule has 0 aliphatic heterocycles. The number of hydrogen-bond donors (Lipinski definition) is 0. The topological polar surface area (TPSA) is 96.4 Å². The largest absolute Gasteiger partial charge is 0.493 e. The van der Waals surface area contributed by atoms with Crippen molar-refractivity contribution < 1.29 is 9.47 Å². The summed E-state index contributed by atoms with van der Waals surface area (Å²) in [5, 5.41) is 12.8. The molecular formula is C22H18N6O3. The van der Waals surface area contributed by atoms with Crippen molar-refractivity contribution in [1.82, 2.24) is 29.4 Å². The quantitative estimate of drug-likeness (QED) is 0.436. The summed E-state index contributed by atoms with van der Waals surface area (Å²) in [6.07, 6.45) is 3.20. The van der Waals surface area contributed by atoms with Crippen LogP contribution >= 0.6 is 0 Å². The van der Waals surface area contributed by atoms with Gasteiger partial charge in [0.05, 0.1) is 27.0 Å². The molecule has 9 heteroatoms. The van der Waals surface area contributed by atoms with Crippen molar-refractivity contribution in [2.24, 2.45) is 0 Å². The summed E-state index contributed by atoms with van der Waals surface area (Å²) in [4.78, 5) is 17.5. The van der Waals surface area contributed by atoms with Gasteiger partial charge in [-0.25, -0.2) is 4.98 Å². The number of rotatable bonds is 5. The van der Waals surface area contributed by atoms with Gasteiger partial charge in [0.25, 0.3) is 5.56 Å². The van der Waals surface area contributed by atoms with Crippen molar-refractivity contribution in [3.05, 3.63) is 77.0 Å². The molecule has 0 saturated carbocycles. The molecule has 3 heterocycles. The van der Waals surface area contributed by atoms with Crippen LogP contribution in [0.4, 0.5) is 0 Å².